The molecule has 0 saturated heterocycles. The molecule has 1 saturated carbocycles. The van der Waals surface area contributed by atoms with Crippen molar-refractivity contribution in [2.24, 2.45) is 11.8 Å². The fourth-order valence-electron chi connectivity index (χ4n) is 3.22. The molecule has 0 heterocycles. The minimum atomic E-state index is -0.216. The van der Waals surface area contributed by atoms with E-state index in [1.807, 2.05) is 54.6 Å². The lowest BCUT2D eigenvalue weighted by atomic mass is 10.0. The van der Waals surface area contributed by atoms with E-state index in [0.29, 0.717) is 18.9 Å². The zero-order valence-corrected chi connectivity index (χ0v) is 15.4. The maximum Gasteiger partial charge on any atom is 0.228 e. The van der Waals surface area contributed by atoms with E-state index in [2.05, 4.69) is 24.5 Å². The van der Waals surface area contributed by atoms with Crippen LogP contribution in [0.15, 0.2) is 54.6 Å². The fraction of sp³-hybridized carbons (Fsp3) is 0.364. The summed E-state index contributed by atoms with van der Waals surface area (Å²) in [5.74, 6) is -0.147. The van der Waals surface area contributed by atoms with E-state index in [1.54, 1.807) is 0 Å². The Balaban J connectivity index is 1.47. The predicted molar refractivity (Wildman–Crippen MR) is 104 cm³/mol. The van der Waals surface area contributed by atoms with Crippen LogP contribution in [0.2, 0.25) is 0 Å². The highest BCUT2D eigenvalue weighted by atomic mass is 16.2. The SMILES string of the molecule is CC(C)c1ccccc1NC(=O)C1CC1C(=O)NCCc1ccccc1. The third-order valence-electron chi connectivity index (χ3n) is 4.86. The zero-order valence-electron chi connectivity index (χ0n) is 15.4. The zero-order chi connectivity index (χ0) is 18.5. The molecule has 2 N–H and O–H groups in total. The molecule has 2 atom stereocenters. The van der Waals surface area contributed by atoms with Crippen molar-refractivity contribution in [3.8, 4) is 0 Å². The number of amides is 2. The van der Waals surface area contributed by atoms with Crippen LogP contribution < -0.4 is 10.6 Å². The van der Waals surface area contributed by atoms with Gasteiger partial charge in [0.1, 0.15) is 0 Å². The van der Waals surface area contributed by atoms with Crippen LogP contribution in [0.25, 0.3) is 0 Å². The molecule has 3 rings (SSSR count). The van der Waals surface area contributed by atoms with Gasteiger partial charge in [-0.05, 0) is 36.0 Å². The number of benzene rings is 2. The summed E-state index contributed by atoms with van der Waals surface area (Å²) < 4.78 is 0. The van der Waals surface area contributed by atoms with Crippen LogP contribution in [0.5, 0.6) is 0 Å². The molecular weight excluding hydrogens is 324 g/mol. The van der Waals surface area contributed by atoms with Gasteiger partial charge in [0.05, 0.1) is 11.8 Å². The minimum absolute atomic E-state index is 0.0155. The van der Waals surface area contributed by atoms with Gasteiger partial charge in [-0.2, -0.15) is 0 Å². The Hall–Kier alpha value is -2.62. The van der Waals surface area contributed by atoms with Gasteiger partial charge in [0.25, 0.3) is 0 Å². The number of nitrogens with one attached hydrogen (secondary N) is 2. The van der Waals surface area contributed by atoms with Crippen molar-refractivity contribution in [3.05, 3.63) is 65.7 Å². The van der Waals surface area contributed by atoms with Crippen molar-refractivity contribution in [1.82, 2.24) is 5.32 Å². The Morgan fingerprint density at radius 1 is 0.962 bits per heavy atom. The van der Waals surface area contributed by atoms with Crippen LogP contribution in [0, 0.1) is 11.8 Å². The van der Waals surface area contributed by atoms with Gasteiger partial charge in [0, 0.05) is 12.2 Å². The normalized spacial score (nSPS) is 18.4. The number of hydrogen-bond donors (Lipinski definition) is 2. The molecule has 0 bridgehead atoms. The lowest BCUT2D eigenvalue weighted by Gasteiger charge is -2.13. The van der Waals surface area contributed by atoms with Crippen LogP contribution >= 0.6 is 0 Å². The molecule has 2 aromatic rings. The molecule has 136 valence electrons. The molecule has 1 aliphatic carbocycles. The van der Waals surface area contributed by atoms with E-state index in [4.69, 9.17) is 0 Å². The van der Waals surface area contributed by atoms with E-state index in [0.717, 1.165) is 17.7 Å². The predicted octanol–water partition coefficient (Wildman–Crippen LogP) is 3.74. The molecule has 2 unspecified atom stereocenters. The number of rotatable bonds is 7. The fourth-order valence-corrected chi connectivity index (χ4v) is 3.22. The summed E-state index contributed by atoms with van der Waals surface area (Å²) in [4.78, 5) is 24.7. The molecule has 4 heteroatoms. The second kappa shape index (κ2) is 8.17. The summed E-state index contributed by atoms with van der Waals surface area (Å²) in [6, 6.07) is 17.9. The van der Waals surface area contributed by atoms with Gasteiger partial charge in [-0.15, -0.1) is 0 Å². The maximum atomic E-state index is 12.5. The standard InChI is InChI=1S/C22H26N2O2/c1-15(2)17-10-6-7-11-20(17)24-22(26)19-14-18(19)21(25)23-13-12-16-8-4-3-5-9-16/h3-11,15,18-19H,12-14H2,1-2H3,(H,23,25)(H,24,26). The van der Waals surface area contributed by atoms with Gasteiger partial charge in [-0.1, -0.05) is 62.4 Å². The Bertz CT molecular complexity index is 771. The summed E-state index contributed by atoms with van der Waals surface area (Å²) in [5, 5.41) is 5.95. The van der Waals surface area contributed by atoms with Crippen LogP contribution in [0.1, 0.15) is 37.3 Å². The largest absolute Gasteiger partial charge is 0.356 e. The number of para-hydroxylation sites is 1. The number of carbonyl (C=O) groups is 2. The van der Waals surface area contributed by atoms with Crippen molar-refractivity contribution in [2.75, 3.05) is 11.9 Å². The Morgan fingerprint density at radius 3 is 2.35 bits per heavy atom. The first-order valence-electron chi connectivity index (χ1n) is 9.27. The molecule has 0 radical (unpaired) electrons. The molecular formula is C22H26N2O2. The van der Waals surface area contributed by atoms with Gasteiger partial charge in [0.2, 0.25) is 11.8 Å². The van der Waals surface area contributed by atoms with Crippen LogP contribution in [-0.2, 0) is 16.0 Å². The third-order valence-corrected chi connectivity index (χ3v) is 4.86. The maximum absolute atomic E-state index is 12.5. The minimum Gasteiger partial charge on any atom is -0.356 e. The second-order valence-electron chi connectivity index (χ2n) is 7.21. The first kappa shape index (κ1) is 18.2. The van der Waals surface area contributed by atoms with Crippen molar-refractivity contribution in [2.45, 2.75) is 32.6 Å². The molecule has 0 spiro atoms. The molecule has 0 aliphatic heterocycles. The highest BCUT2D eigenvalue weighted by Crippen LogP contribution is 2.40. The summed E-state index contributed by atoms with van der Waals surface area (Å²) in [6.45, 7) is 4.81. The summed E-state index contributed by atoms with van der Waals surface area (Å²) in [6.07, 6.45) is 1.44. The topological polar surface area (TPSA) is 58.2 Å². The molecule has 2 amide bonds. The highest BCUT2D eigenvalue weighted by Gasteiger charge is 2.47. The van der Waals surface area contributed by atoms with Gasteiger partial charge >= 0.3 is 0 Å². The number of hydrogen-bond acceptors (Lipinski definition) is 2. The summed E-state index contributed by atoms with van der Waals surface area (Å²) in [7, 11) is 0. The molecule has 4 nitrogen and oxygen atoms in total. The van der Waals surface area contributed by atoms with Crippen molar-refractivity contribution in [3.63, 3.8) is 0 Å². The van der Waals surface area contributed by atoms with E-state index >= 15 is 0 Å². The van der Waals surface area contributed by atoms with Crippen molar-refractivity contribution >= 4 is 17.5 Å². The van der Waals surface area contributed by atoms with Gasteiger partial charge in [0.15, 0.2) is 0 Å². The lowest BCUT2D eigenvalue weighted by Crippen LogP contribution is -2.29. The van der Waals surface area contributed by atoms with E-state index in [9.17, 15) is 9.59 Å². The monoisotopic (exact) mass is 350 g/mol. The van der Waals surface area contributed by atoms with E-state index in [1.165, 1.54) is 5.56 Å². The number of anilines is 1. The molecule has 1 aliphatic rings. The quantitative estimate of drug-likeness (QED) is 0.799. The third kappa shape index (κ3) is 4.51. The van der Waals surface area contributed by atoms with Crippen LogP contribution in [0.4, 0.5) is 5.69 Å². The first-order valence-corrected chi connectivity index (χ1v) is 9.27. The molecule has 2 aromatic carbocycles. The molecule has 1 fully saturated rings. The van der Waals surface area contributed by atoms with Crippen molar-refractivity contribution < 1.29 is 9.59 Å². The van der Waals surface area contributed by atoms with Gasteiger partial charge in [-0.25, -0.2) is 0 Å². The Labute approximate surface area is 155 Å². The van der Waals surface area contributed by atoms with E-state index < -0.39 is 0 Å². The van der Waals surface area contributed by atoms with E-state index in [-0.39, 0.29) is 23.7 Å². The molecule has 26 heavy (non-hydrogen) atoms. The smallest absolute Gasteiger partial charge is 0.228 e. The summed E-state index contributed by atoms with van der Waals surface area (Å²) in [5.41, 5.74) is 3.16. The lowest BCUT2D eigenvalue weighted by molar-refractivity contribution is -0.125. The number of carbonyl (C=O) groups excluding carboxylic acids is 2. The van der Waals surface area contributed by atoms with Gasteiger partial charge in [-0.3, -0.25) is 9.59 Å². The highest BCUT2D eigenvalue weighted by molar-refractivity contribution is 6.00. The van der Waals surface area contributed by atoms with Crippen molar-refractivity contribution in [1.29, 1.82) is 0 Å². The average molecular weight is 350 g/mol. The van der Waals surface area contributed by atoms with Crippen LogP contribution in [-0.4, -0.2) is 18.4 Å². The first-order chi connectivity index (χ1) is 12.6. The average Bonchev–Trinajstić information content (AvgIpc) is 3.44. The Kier molecular flexibility index (Phi) is 5.71. The van der Waals surface area contributed by atoms with Gasteiger partial charge < -0.3 is 10.6 Å². The second-order valence-corrected chi connectivity index (χ2v) is 7.21. The molecule has 0 aromatic heterocycles. The van der Waals surface area contributed by atoms with Crippen LogP contribution in [0.3, 0.4) is 0 Å². The Morgan fingerprint density at radius 2 is 1.62 bits per heavy atom. The summed E-state index contributed by atoms with van der Waals surface area (Å²) >= 11 is 0.